The third-order valence-corrected chi connectivity index (χ3v) is 2.92. The van der Waals surface area contributed by atoms with Crippen molar-refractivity contribution in [3.8, 4) is 0 Å². The van der Waals surface area contributed by atoms with Crippen molar-refractivity contribution in [1.29, 1.82) is 0 Å². The van der Waals surface area contributed by atoms with Crippen molar-refractivity contribution in [3.63, 3.8) is 0 Å². The highest BCUT2D eigenvalue weighted by Gasteiger charge is 2.07. The monoisotopic (exact) mass is 281 g/mol. The molecule has 5 heteroatoms. The average molecular weight is 282 g/mol. The predicted octanol–water partition coefficient (Wildman–Crippen LogP) is 1.85. The minimum Gasteiger partial charge on any atom is -0.480 e. The van der Waals surface area contributed by atoms with E-state index in [-0.39, 0.29) is 12.1 Å². The van der Waals surface area contributed by atoms with Gasteiger partial charge in [0.1, 0.15) is 6.54 Å². The highest BCUT2D eigenvalue weighted by atomic mass is 79.9. The summed E-state index contributed by atoms with van der Waals surface area (Å²) < 4.78 is 1.85. The number of hydrogen-bond acceptors (Lipinski definition) is 2. The first kappa shape index (κ1) is 10.9. The fraction of sp³-hybridized carbons (Fsp3) is 0.0909. The minimum absolute atomic E-state index is 0.299. The first-order valence-electron chi connectivity index (χ1n) is 4.59. The van der Waals surface area contributed by atoms with Crippen LogP contribution in [-0.2, 0) is 11.3 Å². The third-order valence-electron chi connectivity index (χ3n) is 2.26. The lowest BCUT2D eigenvalue weighted by atomic mass is 10.2. The van der Waals surface area contributed by atoms with Gasteiger partial charge >= 0.3 is 5.97 Å². The molecule has 0 atom stereocenters. The highest BCUT2D eigenvalue weighted by molar-refractivity contribution is 9.10. The van der Waals surface area contributed by atoms with Gasteiger partial charge in [-0.25, -0.2) is 0 Å². The van der Waals surface area contributed by atoms with Crippen molar-refractivity contribution in [3.05, 3.63) is 45.3 Å². The minimum atomic E-state index is -1.03. The van der Waals surface area contributed by atoms with Gasteiger partial charge in [0.15, 0.2) is 0 Å². The predicted molar refractivity (Wildman–Crippen MR) is 63.5 cm³/mol. The Hall–Kier alpha value is -1.62. The maximum absolute atomic E-state index is 12.0. The number of carboxylic acids is 1. The van der Waals surface area contributed by atoms with Crippen molar-refractivity contribution in [2.75, 3.05) is 0 Å². The van der Waals surface area contributed by atoms with Gasteiger partial charge in [0, 0.05) is 10.7 Å². The Labute approximate surface area is 99.3 Å². The zero-order valence-electron chi connectivity index (χ0n) is 8.18. The lowest BCUT2D eigenvalue weighted by Crippen LogP contribution is -2.23. The number of rotatable bonds is 2. The van der Waals surface area contributed by atoms with E-state index >= 15 is 0 Å². The van der Waals surface area contributed by atoms with Crippen molar-refractivity contribution in [1.82, 2.24) is 4.57 Å². The number of fused-ring (bicyclic) bond motifs is 1. The zero-order chi connectivity index (χ0) is 11.7. The van der Waals surface area contributed by atoms with Crippen LogP contribution < -0.4 is 5.56 Å². The molecule has 1 aromatic heterocycles. The number of carboxylic acid groups (broad SMARTS) is 1. The fourth-order valence-electron chi connectivity index (χ4n) is 1.56. The van der Waals surface area contributed by atoms with E-state index in [2.05, 4.69) is 15.9 Å². The van der Waals surface area contributed by atoms with Gasteiger partial charge in [-0.1, -0.05) is 12.1 Å². The van der Waals surface area contributed by atoms with Gasteiger partial charge in [0.05, 0.1) is 5.39 Å². The van der Waals surface area contributed by atoms with E-state index in [1.807, 2.05) is 12.1 Å². The van der Waals surface area contributed by atoms with Crippen LogP contribution in [0, 0.1) is 0 Å². The number of hydrogen-bond donors (Lipinski definition) is 1. The standard InChI is InChI=1S/C11H8BrNO3/c12-8-3-1-2-7-4-5-13(6-9(14)15)11(16)10(7)8/h1-5H,6H2,(H,14,15). The second kappa shape index (κ2) is 4.09. The molecular weight excluding hydrogens is 274 g/mol. The van der Waals surface area contributed by atoms with Crippen molar-refractivity contribution < 1.29 is 9.90 Å². The molecular formula is C11H8BrNO3. The van der Waals surface area contributed by atoms with E-state index in [9.17, 15) is 9.59 Å². The highest BCUT2D eigenvalue weighted by Crippen LogP contribution is 2.19. The number of nitrogens with zero attached hydrogens (tertiary/aromatic N) is 1. The topological polar surface area (TPSA) is 59.3 Å². The maximum Gasteiger partial charge on any atom is 0.323 e. The van der Waals surface area contributed by atoms with Crippen LogP contribution in [0.4, 0.5) is 0 Å². The Balaban J connectivity index is 2.73. The van der Waals surface area contributed by atoms with E-state index in [0.717, 1.165) is 5.39 Å². The molecule has 0 amide bonds. The number of halogens is 1. The summed E-state index contributed by atoms with van der Waals surface area (Å²) in [4.78, 5) is 22.5. The van der Waals surface area contributed by atoms with Gasteiger partial charge in [-0.05, 0) is 33.4 Å². The molecule has 0 saturated heterocycles. The summed E-state index contributed by atoms with van der Waals surface area (Å²) in [6.07, 6.45) is 1.49. The van der Waals surface area contributed by atoms with Crippen LogP contribution in [0.3, 0.4) is 0 Å². The Morgan fingerprint density at radius 3 is 2.81 bits per heavy atom. The van der Waals surface area contributed by atoms with Crippen LogP contribution in [0.25, 0.3) is 10.8 Å². The van der Waals surface area contributed by atoms with Gasteiger partial charge in [-0.15, -0.1) is 0 Å². The molecule has 1 heterocycles. The van der Waals surface area contributed by atoms with Crippen molar-refractivity contribution in [2.24, 2.45) is 0 Å². The summed E-state index contributed by atoms with van der Waals surface area (Å²) in [6.45, 7) is -0.323. The zero-order valence-corrected chi connectivity index (χ0v) is 9.77. The van der Waals surface area contributed by atoms with E-state index in [1.165, 1.54) is 10.8 Å². The number of benzene rings is 1. The number of aromatic nitrogens is 1. The van der Waals surface area contributed by atoms with E-state index < -0.39 is 5.97 Å². The van der Waals surface area contributed by atoms with Gasteiger partial charge < -0.3 is 9.67 Å². The van der Waals surface area contributed by atoms with Crippen LogP contribution in [0.1, 0.15) is 0 Å². The second-order valence-electron chi connectivity index (χ2n) is 3.35. The molecule has 82 valence electrons. The first-order chi connectivity index (χ1) is 7.59. The first-order valence-corrected chi connectivity index (χ1v) is 5.38. The van der Waals surface area contributed by atoms with Crippen LogP contribution in [-0.4, -0.2) is 15.6 Å². The molecule has 0 aliphatic carbocycles. The van der Waals surface area contributed by atoms with Crippen LogP contribution >= 0.6 is 15.9 Å². The molecule has 2 rings (SSSR count). The Morgan fingerprint density at radius 2 is 2.12 bits per heavy atom. The molecule has 2 aromatic rings. The van der Waals surface area contributed by atoms with E-state index in [1.54, 1.807) is 12.1 Å². The van der Waals surface area contributed by atoms with Crippen molar-refractivity contribution >= 4 is 32.7 Å². The lowest BCUT2D eigenvalue weighted by molar-refractivity contribution is -0.137. The van der Waals surface area contributed by atoms with E-state index in [0.29, 0.717) is 9.86 Å². The summed E-state index contributed by atoms with van der Waals surface area (Å²) in [5.41, 5.74) is -0.299. The molecule has 0 aliphatic heterocycles. The average Bonchev–Trinajstić information content (AvgIpc) is 2.22. The summed E-state index contributed by atoms with van der Waals surface area (Å²) in [5, 5.41) is 9.96. The molecule has 4 nitrogen and oxygen atoms in total. The molecule has 0 saturated carbocycles. The molecule has 0 spiro atoms. The largest absolute Gasteiger partial charge is 0.480 e. The summed E-state index contributed by atoms with van der Waals surface area (Å²) in [6, 6.07) is 7.12. The Kier molecular flexibility index (Phi) is 2.78. The van der Waals surface area contributed by atoms with Crippen LogP contribution in [0.2, 0.25) is 0 Å². The molecule has 1 N–H and O–H groups in total. The maximum atomic E-state index is 12.0. The van der Waals surface area contributed by atoms with Crippen LogP contribution in [0.15, 0.2) is 39.7 Å². The molecule has 0 radical (unpaired) electrons. The number of pyridine rings is 1. The normalized spacial score (nSPS) is 10.6. The smallest absolute Gasteiger partial charge is 0.323 e. The van der Waals surface area contributed by atoms with Gasteiger partial charge in [-0.3, -0.25) is 9.59 Å². The van der Waals surface area contributed by atoms with Gasteiger partial charge in [0.2, 0.25) is 0 Å². The van der Waals surface area contributed by atoms with E-state index in [4.69, 9.17) is 5.11 Å². The molecule has 0 fully saturated rings. The SMILES string of the molecule is O=C(O)Cn1ccc2cccc(Br)c2c1=O. The molecule has 1 aromatic carbocycles. The van der Waals surface area contributed by atoms with Crippen LogP contribution in [0.5, 0.6) is 0 Å². The molecule has 0 aliphatic rings. The number of carbonyl (C=O) groups is 1. The molecule has 0 bridgehead atoms. The van der Waals surface area contributed by atoms with Gasteiger partial charge in [0.25, 0.3) is 5.56 Å². The van der Waals surface area contributed by atoms with Gasteiger partial charge in [-0.2, -0.15) is 0 Å². The van der Waals surface area contributed by atoms with Crippen molar-refractivity contribution in [2.45, 2.75) is 6.54 Å². The quantitative estimate of drug-likeness (QED) is 0.914. The number of aliphatic carboxylic acids is 1. The molecule has 16 heavy (non-hydrogen) atoms. The third kappa shape index (κ3) is 1.86. The summed E-state index contributed by atoms with van der Waals surface area (Å²) >= 11 is 3.29. The summed E-state index contributed by atoms with van der Waals surface area (Å²) in [5.74, 6) is -1.03. The second-order valence-corrected chi connectivity index (χ2v) is 4.20. The fourth-order valence-corrected chi connectivity index (χ4v) is 2.11. The Bertz CT molecular complexity index is 618. The lowest BCUT2D eigenvalue weighted by Gasteiger charge is -2.05. The summed E-state index contributed by atoms with van der Waals surface area (Å²) in [7, 11) is 0. The Morgan fingerprint density at radius 1 is 1.38 bits per heavy atom. The molecule has 0 unspecified atom stereocenters.